The summed E-state index contributed by atoms with van der Waals surface area (Å²) in [4.78, 5) is 30.3. The summed E-state index contributed by atoms with van der Waals surface area (Å²) in [6.07, 6.45) is 7.97. The summed E-state index contributed by atoms with van der Waals surface area (Å²) in [5.74, 6) is 0.512. The highest BCUT2D eigenvalue weighted by atomic mass is 16.5. The molecule has 1 amide bonds. The summed E-state index contributed by atoms with van der Waals surface area (Å²) < 4.78 is 6.79. The van der Waals surface area contributed by atoms with Gasteiger partial charge in [-0.3, -0.25) is 9.59 Å². The molecular formula is C18H29N5O3. The summed E-state index contributed by atoms with van der Waals surface area (Å²) in [6, 6.07) is 0.465. The number of rotatable bonds is 6. The zero-order chi connectivity index (χ0) is 18.4. The number of esters is 1. The van der Waals surface area contributed by atoms with Crippen molar-refractivity contribution in [3.05, 3.63) is 12.5 Å². The molecule has 2 saturated heterocycles. The molecule has 0 radical (unpaired) electrons. The number of nitrogens with one attached hydrogen (secondary N) is 2. The minimum atomic E-state index is -0.186. The van der Waals surface area contributed by atoms with Crippen LogP contribution in [0, 0.1) is 5.92 Å². The Balaban J connectivity index is 1.43. The highest BCUT2D eigenvalue weighted by Crippen LogP contribution is 2.22. The van der Waals surface area contributed by atoms with Gasteiger partial charge in [0.25, 0.3) is 0 Å². The van der Waals surface area contributed by atoms with Crippen LogP contribution in [0.1, 0.15) is 38.1 Å². The summed E-state index contributed by atoms with van der Waals surface area (Å²) in [6.45, 7) is 4.41. The van der Waals surface area contributed by atoms with Gasteiger partial charge < -0.3 is 24.8 Å². The van der Waals surface area contributed by atoms with E-state index < -0.39 is 0 Å². The number of likely N-dealkylation sites (tertiary alicyclic amines) is 1. The Hall–Kier alpha value is -1.93. The molecule has 2 aliphatic heterocycles. The molecule has 2 aliphatic rings. The van der Waals surface area contributed by atoms with Crippen LogP contribution in [-0.2, 0) is 14.3 Å². The van der Waals surface area contributed by atoms with Crippen LogP contribution in [0.15, 0.2) is 12.5 Å². The number of hydrogen-bond acceptors (Lipinski definition) is 6. The first-order valence-corrected chi connectivity index (χ1v) is 9.50. The minimum Gasteiger partial charge on any atom is -0.469 e. The van der Waals surface area contributed by atoms with Crippen LogP contribution in [0.5, 0.6) is 0 Å². The van der Waals surface area contributed by atoms with Gasteiger partial charge in [0.15, 0.2) is 5.82 Å². The normalized spacial score (nSPS) is 20.0. The molecule has 0 unspecified atom stereocenters. The fraction of sp³-hybridized carbons (Fsp3) is 0.722. The Morgan fingerprint density at radius 3 is 2.69 bits per heavy atom. The molecule has 1 aromatic heterocycles. The maximum Gasteiger partial charge on any atom is 0.306 e. The van der Waals surface area contributed by atoms with Gasteiger partial charge in [0.05, 0.1) is 19.9 Å². The molecule has 0 aromatic carbocycles. The number of ether oxygens (including phenoxy) is 1. The largest absolute Gasteiger partial charge is 0.469 e. The number of imidazole rings is 1. The molecule has 2 fully saturated rings. The Labute approximate surface area is 154 Å². The number of carbonyl (C=O) groups is 2. The van der Waals surface area contributed by atoms with Gasteiger partial charge in [-0.05, 0) is 51.9 Å². The van der Waals surface area contributed by atoms with Gasteiger partial charge in [0, 0.05) is 24.7 Å². The second kappa shape index (κ2) is 9.14. The van der Waals surface area contributed by atoms with Gasteiger partial charge in [-0.15, -0.1) is 0 Å². The maximum atomic E-state index is 12.5. The Morgan fingerprint density at radius 1 is 1.27 bits per heavy atom. The zero-order valence-corrected chi connectivity index (χ0v) is 15.4. The molecule has 8 nitrogen and oxygen atoms in total. The van der Waals surface area contributed by atoms with E-state index in [9.17, 15) is 9.59 Å². The molecule has 0 atom stereocenters. The topological polar surface area (TPSA) is 88.5 Å². The summed E-state index contributed by atoms with van der Waals surface area (Å²) in [5.41, 5.74) is 0. The lowest BCUT2D eigenvalue weighted by Gasteiger charge is -2.30. The lowest BCUT2D eigenvalue weighted by atomic mass is 9.96. The van der Waals surface area contributed by atoms with E-state index in [1.165, 1.54) is 7.11 Å². The molecule has 1 aromatic rings. The lowest BCUT2D eigenvalue weighted by molar-refractivity contribution is -0.141. The molecule has 26 heavy (non-hydrogen) atoms. The summed E-state index contributed by atoms with van der Waals surface area (Å²) in [5, 5.41) is 6.32. The maximum absolute atomic E-state index is 12.5. The molecule has 0 aliphatic carbocycles. The van der Waals surface area contributed by atoms with Crippen LogP contribution in [0.3, 0.4) is 0 Å². The molecule has 2 N–H and O–H groups in total. The molecular weight excluding hydrogens is 334 g/mol. The highest BCUT2D eigenvalue weighted by molar-refractivity contribution is 5.91. The summed E-state index contributed by atoms with van der Waals surface area (Å²) in [7, 11) is 1.41. The number of nitrogens with zero attached hydrogens (tertiary/aromatic N) is 3. The lowest BCUT2D eigenvalue weighted by Crippen LogP contribution is -2.39. The predicted molar refractivity (Wildman–Crippen MR) is 97.8 cm³/mol. The first-order valence-electron chi connectivity index (χ1n) is 9.50. The first kappa shape index (κ1) is 18.8. The molecule has 0 bridgehead atoms. The standard InChI is InChI=1S/C18H29N5O3/c1-26-17(24)6-11-22-9-4-14(5-10-22)18(25)21-16-12-23(13-20-16)15-2-7-19-8-3-15/h12-15,19H,2-11H2,1H3,(H,21,25). The fourth-order valence-electron chi connectivity index (χ4n) is 3.70. The van der Waals surface area contributed by atoms with Crippen molar-refractivity contribution in [2.75, 3.05) is 45.2 Å². The number of piperidine rings is 2. The summed E-state index contributed by atoms with van der Waals surface area (Å²) >= 11 is 0. The Kier molecular flexibility index (Phi) is 6.62. The number of methoxy groups -OCH3 is 1. The van der Waals surface area contributed by atoms with E-state index in [-0.39, 0.29) is 17.8 Å². The molecule has 3 rings (SSSR count). The van der Waals surface area contributed by atoms with Crippen molar-refractivity contribution in [3.8, 4) is 0 Å². The van der Waals surface area contributed by atoms with Gasteiger partial charge in [-0.25, -0.2) is 4.98 Å². The first-order chi connectivity index (χ1) is 12.7. The predicted octanol–water partition coefficient (Wildman–Crippen LogP) is 1.02. The van der Waals surface area contributed by atoms with Gasteiger partial charge in [0.2, 0.25) is 5.91 Å². The van der Waals surface area contributed by atoms with Crippen LogP contribution in [0.25, 0.3) is 0 Å². The van der Waals surface area contributed by atoms with Crippen molar-refractivity contribution in [1.82, 2.24) is 19.8 Å². The quantitative estimate of drug-likeness (QED) is 0.734. The van der Waals surface area contributed by atoms with Crippen molar-refractivity contribution in [3.63, 3.8) is 0 Å². The second-order valence-corrected chi connectivity index (χ2v) is 7.12. The SMILES string of the molecule is COC(=O)CCN1CCC(C(=O)Nc2cn(C3CCNCC3)cn2)CC1. The highest BCUT2D eigenvalue weighted by Gasteiger charge is 2.26. The van der Waals surface area contributed by atoms with E-state index in [4.69, 9.17) is 0 Å². The number of aromatic nitrogens is 2. The number of amides is 1. The van der Waals surface area contributed by atoms with Crippen LogP contribution < -0.4 is 10.6 Å². The van der Waals surface area contributed by atoms with Crippen LogP contribution >= 0.6 is 0 Å². The Bertz CT molecular complexity index is 604. The van der Waals surface area contributed by atoms with E-state index in [1.807, 2.05) is 12.5 Å². The number of anilines is 1. The third-order valence-electron chi connectivity index (χ3n) is 5.40. The van der Waals surface area contributed by atoms with Crippen LogP contribution in [0.4, 0.5) is 5.82 Å². The van der Waals surface area contributed by atoms with Crippen molar-refractivity contribution in [2.24, 2.45) is 5.92 Å². The molecule has 0 saturated carbocycles. The van der Waals surface area contributed by atoms with Crippen molar-refractivity contribution in [2.45, 2.75) is 38.1 Å². The fourth-order valence-corrected chi connectivity index (χ4v) is 3.70. The van der Waals surface area contributed by atoms with E-state index in [2.05, 4.69) is 29.8 Å². The third-order valence-corrected chi connectivity index (χ3v) is 5.40. The van der Waals surface area contributed by atoms with E-state index in [1.54, 1.807) is 0 Å². The smallest absolute Gasteiger partial charge is 0.306 e. The van der Waals surface area contributed by atoms with Gasteiger partial charge >= 0.3 is 5.97 Å². The third kappa shape index (κ3) is 5.04. The van der Waals surface area contributed by atoms with Gasteiger partial charge in [-0.2, -0.15) is 0 Å². The average Bonchev–Trinajstić information content (AvgIpc) is 3.15. The monoisotopic (exact) mass is 363 g/mol. The molecule has 3 heterocycles. The molecule has 0 spiro atoms. The average molecular weight is 363 g/mol. The Morgan fingerprint density at radius 2 is 2.00 bits per heavy atom. The number of hydrogen-bond donors (Lipinski definition) is 2. The zero-order valence-electron chi connectivity index (χ0n) is 15.4. The minimum absolute atomic E-state index is 0.00778. The van der Waals surface area contributed by atoms with Gasteiger partial charge in [0.1, 0.15) is 0 Å². The molecule has 144 valence electrons. The van der Waals surface area contributed by atoms with Crippen molar-refractivity contribution >= 4 is 17.7 Å². The second-order valence-electron chi connectivity index (χ2n) is 7.12. The molecule has 8 heteroatoms. The van der Waals surface area contributed by atoms with Crippen molar-refractivity contribution < 1.29 is 14.3 Å². The van der Waals surface area contributed by atoms with Crippen molar-refractivity contribution in [1.29, 1.82) is 0 Å². The van der Waals surface area contributed by atoms with E-state index in [0.717, 1.165) is 51.9 Å². The van der Waals surface area contributed by atoms with Gasteiger partial charge in [-0.1, -0.05) is 0 Å². The van der Waals surface area contributed by atoms with Crippen LogP contribution in [-0.4, -0.2) is 66.2 Å². The van der Waals surface area contributed by atoms with Crippen LogP contribution in [0.2, 0.25) is 0 Å². The van der Waals surface area contributed by atoms with E-state index in [0.29, 0.717) is 24.8 Å². The number of carbonyl (C=O) groups excluding carboxylic acids is 2. The van der Waals surface area contributed by atoms with E-state index >= 15 is 0 Å².